The molecule has 42 heavy (non-hydrogen) atoms. The molecule has 232 valence electrons. The first-order chi connectivity index (χ1) is 19.7. The molecular weight excluding hydrogens is 546 g/mol. The lowest BCUT2D eigenvalue weighted by Crippen LogP contribution is -2.42. The van der Waals surface area contributed by atoms with E-state index in [0.717, 1.165) is 40.2 Å². The first-order valence-corrected chi connectivity index (χ1v) is 16.7. The van der Waals surface area contributed by atoms with E-state index >= 15 is 0 Å². The summed E-state index contributed by atoms with van der Waals surface area (Å²) >= 11 is 0. The van der Waals surface area contributed by atoms with Crippen LogP contribution in [-0.4, -0.2) is 46.3 Å². The third-order valence-corrected chi connectivity index (χ3v) is 10.4. The van der Waals surface area contributed by atoms with Gasteiger partial charge in [0.1, 0.15) is 17.3 Å². The molecule has 0 spiro atoms. The summed E-state index contributed by atoms with van der Waals surface area (Å²) in [7, 11) is -1.36. The van der Waals surface area contributed by atoms with Crippen molar-refractivity contribution in [2.24, 2.45) is 11.3 Å². The highest BCUT2D eigenvalue weighted by Crippen LogP contribution is 2.36. The average Bonchev–Trinajstić information content (AvgIpc) is 3.26. The van der Waals surface area contributed by atoms with Gasteiger partial charge in [0.2, 0.25) is 0 Å². The molecule has 1 saturated carbocycles. The van der Waals surface area contributed by atoms with E-state index in [1.807, 2.05) is 45.9 Å². The van der Waals surface area contributed by atoms with Crippen LogP contribution in [0.5, 0.6) is 0 Å². The molecule has 1 aliphatic carbocycles. The monoisotopic (exact) mass is 597 g/mol. The van der Waals surface area contributed by atoms with Crippen LogP contribution in [0.1, 0.15) is 108 Å². The molecule has 2 heterocycles. The number of carbonyl (C=O) groups excluding carboxylic acids is 2. The Morgan fingerprint density at radius 2 is 1.74 bits per heavy atom. The zero-order valence-corrected chi connectivity index (χ0v) is 27.5. The van der Waals surface area contributed by atoms with E-state index in [-0.39, 0.29) is 16.9 Å². The number of nitrogens with one attached hydrogen (secondary N) is 2. The molecule has 0 bridgehead atoms. The molecule has 4 rings (SSSR count). The van der Waals surface area contributed by atoms with Gasteiger partial charge >= 0.3 is 0 Å². The largest absolute Gasteiger partial charge is 0.381 e. The van der Waals surface area contributed by atoms with E-state index in [9.17, 15) is 13.8 Å². The predicted octanol–water partition coefficient (Wildman–Crippen LogP) is 6.48. The molecule has 2 aliphatic rings. The number of aldehydes is 1. The number of carbonyl (C=O) groups is 2. The number of nitrogens with zero attached hydrogens (tertiary/aromatic N) is 1. The van der Waals surface area contributed by atoms with Crippen molar-refractivity contribution < 1.29 is 18.5 Å². The van der Waals surface area contributed by atoms with Gasteiger partial charge in [-0.2, -0.15) is 0 Å². The number of rotatable bonds is 9. The van der Waals surface area contributed by atoms with Gasteiger partial charge in [0.25, 0.3) is 5.91 Å². The number of aromatic nitrogens is 1. The van der Waals surface area contributed by atoms with Crippen LogP contribution in [0.2, 0.25) is 0 Å². The third kappa shape index (κ3) is 7.80. The number of hydrogen-bond acceptors (Lipinski definition) is 4. The molecule has 1 unspecified atom stereocenters. The smallest absolute Gasteiger partial charge is 0.253 e. The Labute approximate surface area is 255 Å². The van der Waals surface area contributed by atoms with Crippen LogP contribution in [0.15, 0.2) is 29.2 Å². The molecule has 1 aromatic carbocycles. The number of ether oxygens (including phenoxy) is 1. The van der Waals surface area contributed by atoms with Crippen molar-refractivity contribution >= 4 is 23.2 Å². The van der Waals surface area contributed by atoms with Crippen molar-refractivity contribution in [1.29, 1.82) is 0 Å². The van der Waals surface area contributed by atoms with Gasteiger partial charge in [-0.05, 0) is 94.0 Å². The number of hydrogen-bond donors (Lipinski definition) is 2. The quantitative estimate of drug-likeness (QED) is 0.324. The Morgan fingerprint density at radius 1 is 1.07 bits per heavy atom. The standard InChI is InChI=1S/C34H51N3O4S/c1-24-27(31(39)35-22-34(23-38)15-17-41-18-16-34)20-29(37(24)21-25-11-9-8-10-12-25)26-13-14-30(28(19-26)32(2,3)4)42(40)36-33(5,6)7/h13-14,19-20,23,25,36H,8-12,15-18,21-22H2,1-7H3,(H,35,39). The normalized spacial score (nSPS) is 18.9. The molecule has 8 heteroatoms. The lowest BCUT2D eigenvalue weighted by molar-refractivity contribution is -0.120. The maximum atomic E-state index is 13.6. The van der Waals surface area contributed by atoms with Crippen molar-refractivity contribution in [3.8, 4) is 11.3 Å². The summed E-state index contributed by atoms with van der Waals surface area (Å²) in [5, 5.41) is 3.09. The summed E-state index contributed by atoms with van der Waals surface area (Å²) < 4.78 is 24.4. The molecule has 2 N–H and O–H groups in total. The SMILES string of the molecule is Cc1c(C(=O)NCC2(C=O)CCOCC2)cc(-c2ccc(S(=O)NC(C)(C)C)c(C(C)(C)C)c2)n1CC1CCCCC1. The molecule has 7 nitrogen and oxygen atoms in total. The van der Waals surface area contributed by atoms with Gasteiger partial charge in [0.05, 0.1) is 10.5 Å². The molecule has 2 aromatic rings. The molecule has 2 fully saturated rings. The topological polar surface area (TPSA) is 89.4 Å². The minimum absolute atomic E-state index is 0.146. The average molecular weight is 598 g/mol. The first kappa shape index (κ1) is 32.6. The summed E-state index contributed by atoms with van der Waals surface area (Å²) in [5.41, 5.74) is 3.55. The Balaban J connectivity index is 1.73. The molecule has 1 saturated heterocycles. The Morgan fingerprint density at radius 3 is 2.33 bits per heavy atom. The lowest BCUT2D eigenvalue weighted by atomic mass is 9.81. The Kier molecular flexibility index (Phi) is 10.2. The molecular formula is C34H51N3O4S. The fourth-order valence-corrected chi connectivity index (χ4v) is 7.64. The zero-order valence-electron chi connectivity index (χ0n) is 26.7. The summed E-state index contributed by atoms with van der Waals surface area (Å²) in [6, 6.07) is 8.20. The highest BCUT2D eigenvalue weighted by atomic mass is 32.2. The van der Waals surface area contributed by atoms with Crippen molar-refractivity contribution in [1.82, 2.24) is 14.6 Å². The lowest BCUT2D eigenvalue weighted by Gasteiger charge is -2.31. The fraction of sp³-hybridized carbons (Fsp3) is 0.647. The van der Waals surface area contributed by atoms with Crippen LogP contribution >= 0.6 is 0 Å². The van der Waals surface area contributed by atoms with Crippen LogP contribution < -0.4 is 10.0 Å². The number of amides is 1. The van der Waals surface area contributed by atoms with Crippen molar-refractivity contribution in [2.75, 3.05) is 19.8 Å². The van der Waals surface area contributed by atoms with Crippen LogP contribution in [0.4, 0.5) is 0 Å². The minimum atomic E-state index is -1.36. The van der Waals surface area contributed by atoms with Gasteiger partial charge in [0.15, 0.2) is 0 Å². The summed E-state index contributed by atoms with van der Waals surface area (Å²) in [6.45, 7) is 16.8. The maximum absolute atomic E-state index is 13.6. The van der Waals surface area contributed by atoms with E-state index < -0.39 is 16.4 Å². The van der Waals surface area contributed by atoms with Gasteiger partial charge in [-0.15, -0.1) is 0 Å². The second kappa shape index (κ2) is 13.1. The molecule has 1 atom stereocenters. The van der Waals surface area contributed by atoms with Crippen molar-refractivity contribution in [3.05, 3.63) is 41.1 Å². The second-order valence-electron chi connectivity index (χ2n) is 14.5. The summed E-state index contributed by atoms with van der Waals surface area (Å²) in [5.74, 6) is 0.428. The van der Waals surface area contributed by atoms with Gasteiger partial charge in [-0.1, -0.05) is 46.1 Å². The zero-order chi connectivity index (χ0) is 30.7. The third-order valence-electron chi connectivity index (χ3n) is 8.80. The van der Waals surface area contributed by atoms with E-state index in [0.29, 0.717) is 44.1 Å². The molecule has 0 radical (unpaired) electrons. The van der Waals surface area contributed by atoms with E-state index in [1.54, 1.807) is 0 Å². The Bertz CT molecular complexity index is 1290. The highest BCUT2D eigenvalue weighted by Gasteiger charge is 2.33. The van der Waals surface area contributed by atoms with Gasteiger partial charge in [0, 0.05) is 48.6 Å². The predicted molar refractivity (Wildman–Crippen MR) is 170 cm³/mol. The van der Waals surface area contributed by atoms with Gasteiger partial charge in [-0.25, -0.2) is 8.93 Å². The van der Waals surface area contributed by atoms with Crippen LogP contribution in [-0.2, 0) is 32.5 Å². The van der Waals surface area contributed by atoms with Gasteiger partial charge in [-0.3, -0.25) is 4.79 Å². The highest BCUT2D eigenvalue weighted by molar-refractivity contribution is 7.83. The Hall–Kier alpha value is -2.29. The maximum Gasteiger partial charge on any atom is 0.253 e. The summed E-state index contributed by atoms with van der Waals surface area (Å²) in [6.07, 6.45) is 8.44. The first-order valence-electron chi connectivity index (χ1n) is 15.6. The minimum Gasteiger partial charge on any atom is -0.381 e. The number of benzene rings is 1. The van der Waals surface area contributed by atoms with E-state index in [2.05, 4.69) is 41.4 Å². The summed E-state index contributed by atoms with van der Waals surface area (Å²) in [4.78, 5) is 26.4. The van der Waals surface area contributed by atoms with Crippen LogP contribution in [0.3, 0.4) is 0 Å². The molecule has 1 aliphatic heterocycles. The van der Waals surface area contributed by atoms with Crippen molar-refractivity contribution in [2.45, 2.75) is 116 Å². The fourth-order valence-electron chi connectivity index (χ4n) is 6.21. The van der Waals surface area contributed by atoms with Gasteiger partial charge < -0.3 is 19.4 Å². The van der Waals surface area contributed by atoms with Crippen LogP contribution in [0.25, 0.3) is 11.3 Å². The molecule has 1 amide bonds. The van der Waals surface area contributed by atoms with Crippen LogP contribution in [0, 0.1) is 18.3 Å². The molecule has 1 aromatic heterocycles. The van der Waals surface area contributed by atoms with E-state index in [4.69, 9.17) is 4.74 Å². The second-order valence-corrected chi connectivity index (χ2v) is 15.7. The van der Waals surface area contributed by atoms with E-state index in [1.165, 1.54) is 32.1 Å². The van der Waals surface area contributed by atoms with Crippen molar-refractivity contribution in [3.63, 3.8) is 0 Å².